The Morgan fingerprint density at radius 3 is 3.08 bits per heavy atom. The molecule has 0 radical (unpaired) electrons. The Morgan fingerprint density at radius 1 is 1.83 bits per heavy atom. The summed E-state index contributed by atoms with van der Waals surface area (Å²) in [6.07, 6.45) is 0.885. The Hall–Kier alpha value is -0.940. The molecule has 1 aromatic heterocycles. The molecule has 1 aliphatic rings. The Balaban J connectivity index is 1.93. The molecule has 0 bridgehead atoms. The van der Waals surface area contributed by atoms with Gasteiger partial charge in [-0.3, -0.25) is 4.79 Å². The van der Waals surface area contributed by atoms with Crippen LogP contribution >= 0.6 is 11.3 Å². The zero-order chi connectivity index (χ0) is 8.55. The molecule has 1 aromatic rings. The molecule has 1 amide bonds. The van der Waals surface area contributed by atoms with Gasteiger partial charge in [-0.1, -0.05) is 0 Å². The first-order valence-electron chi connectivity index (χ1n) is 3.72. The summed E-state index contributed by atoms with van der Waals surface area (Å²) in [7, 11) is 0. The average Bonchev–Trinajstić information content (AvgIpc) is 2.58. The number of nitrogens with zero attached hydrogens (tertiary/aromatic N) is 1. The first-order valence-corrected chi connectivity index (χ1v) is 4.66. The summed E-state index contributed by atoms with van der Waals surface area (Å²) < 4.78 is 0. The van der Waals surface area contributed by atoms with Gasteiger partial charge in [-0.25, -0.2) is 4.98 Å². The van der Waals surface area contributed by atoms with Crippen LogP contribution in [0.4, 0.5) is 0 Å². The molecule has 1 saturated carbocycles. The van der Waals surface area contributed by atoms with Crippen LogP contribution in [0.2, 0.25) is 0 Å². The number of aromatic nitrogens is 1. The average molecular weight is 183 g/mol. The van der Waals surface area contributed by atoms with Gasteiger partial charge in [0, 0.05) is 17.5 Å². The minimum absolute atomic E-state index is 0.116. The van der Waals surface area contributed by atoms with Gasteiger partial charge in [0.2, 0.25) is 0 Å². The van der Waals surface area contributed by atoms with Crippen molar-refractivity contribution in [1.29, 1.82) is 0 Å². The number of hydrogen-bond acceptors (Lipinski definition) is 4. The van der Waals surface area contributed by atoms with Gasteiger partial charge in [0.05, 0.1) is 5.51 Å². The van der Waals surface area contributed by atoms with Gasteiger partial charge in [0.15, 0.2) is 0 Å². The topological polar surface area (TPSA) is 68.0 Å². The molecule has 0 aliphatic heterocycles. The van der Waals surface area contributed by atoms with E-state index >= 15 is 0 Å². The van der Waals surface area contributed by atoms with Crippen molar-refractivity contribution in [2.24, 2.45) is 5.73 Å². The number of carbonyl (C=O) groups is 1. The van der Waals surface area contributed by atoms with E-state index in [0.717, 1.165) is 6.42 Å². The van der Waals surface area contributed by atoms with Crippen molar-refractivity contribution in [2.75, 3.05) is 0 Å². The van der Waals surface area contributed by atoms with E-state index in [1.54, 1.807) is 10.9 Å². The first kappa shape index (κ1) is 7.70. The maximum Gasteiger partial charge on any atom is 0.271 e. The third kappa shape index (κ3) is 1.46. The van der Waals surface area contributed by atoms with E-state index in [1.807, 2.05) is 0 Å². The summed E-state index contributed by atoms with van der Waals surface area (Å²) in [5.74, 6) is -0.116. The third-order valence-electron chi connectivity index (χ3n) is 1.82. The maximum absolute atomic E-state index is 11.3. The summed E-state index contributed by atoms with van der Waals surface area (Å²) in [4.78, 5) is 15.2. The number of amides is 1. The molecule has 12 heavy (non-hydrogen) atoms. The Morgan fingerprint density at radius 2 is 2.58 bits per heavy atom. The molecule has 0 spiro atoms. The van der Waals surface area contributed by atoms with E-state index in [-0.39, 0.29) is 18.0 Å². The number of nitrogens with two attached hydrogens (primary N) is 1. The van der Waals surface area contributed by atoms with E-state index in [0.29, 0.717) is 5.69 Å². The zero-order valence-electron chi connectivity index (χ0n) is 6.36. The molecule has 2 unspecified atom stereocenters. The second kappa shape index (κ2) is 2.84. The molecule has 5 heteroatoms. The van der Waals surface area contributed by atoms with Crippen molar-refractivity contribution in [3.05, 3.63) is 16.6 Å². The van der Waals surface area contributed by atoms with Gasteiger partial charge in [0.1, 0.15) is 5.69 Å². The molecular formula is C7H9N3OS. The van der Waals surface area contributed by atoms with Crippen LogP contribution in [0.25, 0.3) is 0 Å². The Bertz CT molecular complexity index is 285. The summed E-state index contributed by atoms with van der Waals surface area (Å²) in [5.41, 5.74) is 7.66. The van der Waals surface area contributed by atoms with Crippen LogP contribution in [0, 0.1) is 0 Å². The molecule has 2 atom stereocenters. The van der Waals surface area contributed by atoms with Gasteiger partial charge in [-0.05, 0) is 6.42 Å². The standard InChI is InChI=1S/C7H9N3OS/c8-4-1-5(4)10-7(11)6-2-12-3-9-6/h2-5H,1,8H2,(H,10,11). The number of hydrogen-bond donors (Lipinski definition) is 2. The predicted molar refractivity (Wildman–Crippen MR) is 46.0 cm³/mol. The SMILES string of the molecule is NC1CC1NC(=O)c1cscn1. The van der Waals surface area contributed by atoms with Crippen molar-refractivity contribution in [2.45, 2.75) is 18.5 Å². The van der Waals surface area contributed by atoms with Crippen molar-refractivity contribution >= 4 is 17.2 Å². The molecular weight excluding hydrogens is 174 g/mol. The smallest absolute Gasteiger partial charge is 0.271 e. The van der Waals surface area contributed by atoms with E-state index in [9.17, 15) is 4.79 Å². The van der Waals surface area contributed by atoms with Crippen molar-refractivity contribution < 1.29 is 4.79 Å². The van der Waals surface area contributed by atoms with Crippen LogP contribution in [0.3, 0.4) is 0 Å². The number of rotatable bonds is 2. The monoisotopic (exact) mass is 183 g/mol. The highest BCUT2D eigenvalue weighted by atomic mass is 32.1. The van der Waals surface area contributed by atoms with Crippen molar-refractivity contribution in [1.82, 2.24) is 10.3 Å². The molecule has 3 N–H and O–H groups in total. The fourth-order valence-corrected chi connectivity index (χ4v) is 1.48. The van der Waals surface area contributed by atoms with E-state index in [2.05, 4.69) is 10.3 Å². The second-order valence-electron chi connectivity index (χ2n) is 2.85. The van der Waals surface area contributed by atoms with E-state index in [4.69, 9.17) is 5.73 Å². The third-order valence-corrected chi connectivity index (χ3v) is 2.41. The molecule has 64 valence electrons. The molecule has 1 aliphatic carbocycles. The fraction of sp³-hybridized carbons (Fsp3) is 0.429. The highest BCUT2D eigenvalue weighted by molar-refractivity contribution is 7.07. The van der Waals surface area contributed by atoms with Crippen LogP contribution in [0.15, 0.2) is 10.9 Å². The largest absolute Gasteiger partial charge is 0.346 e. The lowest BCUT2D eigenvalue weighted by molar-refractivity contribution is 0.0946. The van der Waals surface area contributed by atoms with E-state index in [1.165, 1.54) is 11.3 Å². The zero-order valence-corrected chi connectivity index (χ0v) is 7.17. The normalized spacial score (nSPS) is 26.8. The summed E-state index contributed by atoms with van der Waals surface area (Å²) in [6, 6.07) is 0.312. The number of thiazole rings is 1. The lowest BCUT2D eigenvalue weighted by Crippen LogP contribution is -2.29. The van der Waals surface area contributed by atoms with Crippen LogP contribution in [0.1, 0.15) is 16.9 Å². The summed E-state index contributed by atoms with van der Waals surface area (Å²) >= 11 is 1.41. The van der Waals surface area contributed by atoms with Gasteiger partial charge >= 0.3 is 0 Å². The fourth-order valence-electron chi connectivity index (χ4n) is 0.948. The molecule has 0 saturated heterocycles. The number of nitrogens with one attached hydrogen (secondary N) is 1. The highest BCUT2D eigenvalue weighted by Crippen LogP contribution is 2.18. The number of carbonyl (C=O) groups excluding carboxylic acids is 1. The highest BCUT2D eigenvalue weighted by Gasteiger charge is 2.35. The Labute approximate surface area is 73.8 Å². The summed E-state index contributed by atoms with van der Waals surface area (Å²) in [6.45, 7) is 0. The van der Waals surface area contributed by atoms with E-state index < -0.39 is 0 Å². The predicted octanol–water partition coefficient (Wildman–Crippen LogP) is -0.0275. The lowest BCUT2D eigenvalue weighted by Gasteiger charge is -1.98. The van der Waals surface area contributed by atoms with Crippen LogP contribution in [0.5, 0.6) is 0 Å². The van der Waals surface area contributed by atoms with Gasteiger partial charge < -0.3 is 11.1 Å². The van der Waals surface area contributed by atoms with Crippen LogP contribution in [-0.2, 0) is 0 Å². The van der Waals surface area contributed by atoms with Gasteiger partial charge in [0.25, 0.3) is 5.91 Å². The van der Waals surface area contributed by atoms with Crippen LogP contribution in [-0.4, -0.2) is 23.0 Å². The quantitative estimate of drug-likeness (QED) is 0.676. The van der Waals surface area contributed by atoms with Crippen molar-refractivity contribution in [3.8, 4) is 0 Å². The molecule has 1 fully saturated rings. The second-order valence-corrected chi connectivity index (χ2v) is 3.57. The Kier molecular flexibility index (Phi) is 1.82. The van der Waals surface area contributed by atoms with Gasteiger partial charge in [-0.15, -0.1) is 11.3 Å². The lowest BCUT2D eigenvalue weighted by atomic mass is 10.4. The maximum atomic E-state index is 11.3. The van der Waals surface area contributed by atoms with Crippen LogP contribution < -0.4 is 11.1 Å². The van der Waals surface area contributed by atoms with Crippen molar-refractivity contribution in [3.63, 3.8) is 0 Å². The summed E-state index contributed by atoms with van der Waals surface area (Å²) in [5, 5.41) is 4.51. The van der Waals surface area contributed by atoms with Gasteiger partial charge in [-0.2, -0.15) is 0 Å². The molecule has 4 nitrogen and oxygen atoms in total. The minimum atomic E-state index is -0.116. The molecule has 0 aromatic carbocycles. The first-order chi connectivity index (χ1) is 5.77. The molecule has 1 heterocycles. The minimum Gasteiger partial charge on any atom is -0.346 e. The molecule has 2 rings (SSSR count).